The average Bonchev–Trinajstić information content (AvgIpc) is 3.18. The van der Waals surface area contributed by atoms with Crippen molar-refractivity contribution in [3.8, 4) is 0 Å². The normalized spacial score (nSPS) is 18.1. The van der Waals surface area contributed by atoms with Crippen LogP contribution in [0.3, 0.4) is 0 Å². The molecule has 3 aromatic rings. The Balaban J connectivity index is 1.72. The van der Waals surface area contributed by atoms with E-state index in [4.69, 9.17) is 4.98 Å². The van der Waals surface area contributed by atoms with Gasteiger partial charge in [0.2, 0.25) is 0 Å². The molecule has 0 bridgehead atoms. The highest BCUT2D eigenvalue weighted by Crippen LogP contribution is 2.27. The van der Waals surface area contributed by atoms with Crippen LogP contribution in [0.15, 0.2) is 48.7 Å². The molecular weight excluding hydrogens is 290 g/mol. The fourth-order valence-corrected chi connectivity index (χ4v) is 4.37. The Bertz CT molecular complexity index is 760. The van der Waals surface area contributed by atoms with E-state index in [2.05, 4.69) is 57.7 Å². The van der Waals surface area contributed by atoms with Gasteiger partial charge in [0.1, 0.15) is 11.3 Å². The Kier molecular flexibility index (Phi) is 3.85. The summed E-state index contributed by atoms with van der Waals surface area (Å²) < 4.78 is 2.35. The lowest BCUT2D eigenvalue weighted by molar-refractivity contribution is 0.489. The maximum Gasteiger partial charge on any atom is 0.160 e. The summed E-state index contributed by atoms with van der Waals surface area (Å²) in [6, 6.07) is 14.6. The van der Waals surface area contributed by atoms with Crippen molar-refractivity contribution in [3.63, 3.8) is 0 Å². The van der Waals surface area contributed by atoms with Crippen molar-refractivity contribution in [2.45, 2.75) is 19.4 Å². The fraction of sp³-hybridized carbons (Fsp3) is 0.333. The lowest BCUT2D eigenvalue weighted by atomic mass is 10.1. The third-order valence-corrected chi connectivity index (χ3v) is 5.48. The quantitative estimate of drug-likeness (QED) is 0.735. The number of fused-ring (bicyclic) bond motifs is 1. The van der Waals surface area contributed by atoms with Gasteiger partial charge in [-0.3, -0.25) is 0 Å². The van der Waals surface area contributed by atoms with E-state index in [1.54, 1.807) is 0 Å². The predicted octanol–water partition coefficient (Wildman–Crippen LogP) is 3.78. The van der Waals surface area contributed by atoms with Gasteiger partial charge >= 0.3 is 0 Å². The van der Waals surface area contributed by atoms with Crippen LogP contribution in [0.4, 0.5) is 0 Å². The molecule has 1 atom stereocenters. The van der Waals surface area contributed by atoms with Gasteiger partial charge in [-0.1, -0.05) is 30.3 Å². The third kappa shape index (κ3) is 2.75. The van der Waals surface area contributed by atoms with E-state index in [0.29, 0.717) is 0 Å². The number of aromatic nitrogens is 3. The molecule has 4 heteroatoms. The van der Waals surface area contributed by atoms with Crippen LogP contribution in [0.25, 0.3) is 11.2 Å². The standard InChI is InChI=1S/C18H19N3S/c1-2-5-14(6-3-1)11-17-20-16-7-4-9-19-18(16)21(17)12-15-8-10-22-13-15/h1-7,9,15H,8,10-13H2. The molecule has 2 aromatic heterocycles. The Labute approximate surface area is 134 Å². The van der Waals surface area contributed by atoms with E-state index in [1.807, 2.05) is 12.3 Å². The van der Waals surface area contributed by atoms with Gasteiger partial charge in [0.15, 0.2) is 5.65 Å². The number of nitrogens with zero attached hydrogens (tertiary/aromatic N) is 3. The summed E-state index contributed by atoms with van der Waals surface area (Å²) >= 11 is 2.07. The SMILES string of the molecule is c1ccc(Cc2nc3cccnc3n2CC2CCSC2)cc1. The first-order valence-corrected chi connectivity index (χ1v) is 8.97. The first kappa shape index (κ1) is 13.8. The highest BCUT2D eigenvalue weighted by Gasteiger charge is 2.20. The molecule has 1 saturated heterocycles. The fourth-order valence-electron chi connectivity index (χ4n) is 3.10. The minimum absolute atomic E-state index is 0.749. The zero-order chi connectivity index (χ0) is 14.8. The Morgan fingerprint density at radius 2 is 2.05 bits per heavy atom. The number of imidazole rings is 1. The molecule has 0 aliphatic carbocycles. The number of pyridine rings is 1. The van der Waals surface area contributed by atoms with Gasteiger partial charge in [0.05, 0.1) is 0 Å². The summed E-state index contributed by atoms with van der Waals surface area (Å²) in [7, 11) is 0. The molecule has 1 fully saturated rings. The molecule has 3 heterocycles. The number of hydrogen-bond donors (Lipinski definition) is 0. The Hall–Kier alpha value is -1.81. The van der Waals surface area contributed by atoms with Crippen LogP contribution in [0.2, 0.25) is 0 Å². The first-order valence-electron chi connectivity index (χ1n) is 7.82. The second kappa shape index (κ2) is 6.13. The minimum atomic E-state index is 0.749. The van der Waals surface area contributed by atoms with Crippen LogP contribution in [0.1, 0.15) is 17.8 Å². The van der Waals surface area contributed by atoms with Crippen molar-refractivity contribution in [2.75, 3.05) is 11.5 Å². The van der Waals surface area contributed by atoms with Crippen molar-refractivity contribution in [3.05, 3.63) is 60.0 Å². The average molecular weight is 309 g/mol. The molecule has 0 N–H and O–H groups in total. The van der Waals surface area contributed by atoms with Crippen molar-refractivity contribution in [2.24, 2.45) is 5.92 Å². The van der Waals surface area contributed by atoms with Gasteiger partial charge in [0.25, 0.3) is 0 Å². The topological polar surface area (TPSA) is 30.7 Å². The number of thioether (sulfide) groups is 1. The van der Waals surface area contributed by atoms with E-state index in [1.165, 1.54) is 23.5 Å². The third-order valence-electron chi connectivity index (χ3n) is 4.25. The smallest absolute Gasteiger partial charge is 0.160 e. The van der Waals surface area contributed by atoms with Crippen LogP contribution in [-0.2, 0) is 13.0 Å². The molecule has 22 heavy (non-hydrogen) atoms. The van der Waals surface area contributed by atoms with E-state index in [0.717, 1.165) is 35.9 Å². The monoisotopic (exact) mass is 309 g/mol. The molecule has 112 valence electrons. The molecule has 0 spiro atoms. The maximum atomic E-state index is 4.84. The zero-order valence-corrected chi connectivity index (χ0v) is 13.3. The van der Waals surface area contributed by atoms with Gasteiger partial charge in [0, 0.05) is 19.2 Å². The summed E-state index contributed by atoms with van der Waals surface area (Å²) in [5.74, 6) is 4.44. The highest BCUT2D eigenvalue weighted by molar-refractivity contribution is 7.99. The van der Waals surface area contributed by atoms with E-state index >= 15 is 0 Å². The largest absolute Gasteiger partial charge is 0.312 e. The van der Waals surface area contributed by atoms with Crippen molar-refractivity contribution < 1.29 is 0 Å². The zero-order valence-electron chi connectivity index (χ0n) is 12.5. The maximum absolute atomic E-state index is 4.84. The summed E-state index contributed by atoms with van der Waals surface area (Å²) in [5.41, 5.74) is 3.35. The van der Waals surface area contributed by atoms with Gasteiger partial charge < -0.3 is 4.57 Å². The summed E-state index contributed by atoms with van der Waals surface area (Å²) in [6.07, 6.45) is 4.05. The number of rotatable bonds is 4. The van der Waals surface area contributed by atoms with Gasteiger partial charge in [-0.25, -0.2) is 9.97 Å². The van der Waals surface area contributed by atoms with Crippen LogP contribution in [-0.4, -0.2) is 26.0 Å². The molecular formula is C18H19N3S. The van der Waals surface area contributed by atoms with Crippen molar-refractivity contribution >= 4 is 22.9 Å². The molecule has 1 aromatic carbocycles. The Morgan fingerprint density at radius 3 is 2.86 bits per heavy atom. The van der Waals surface area contributed by atoms with E-state index in [9.17, 15) is 0 Å². The predicted molar refractivity (Wildman–Crippen MR) is 92.2 cm³/mol. The molecule has 1 unspecified atom stereocenters. The van der Waals surface area contributed by atoms with Crippen LogP contribution in [0.5, 0.6) is 0 Å². The van der Waals surface area contributed by atoms with Crippen LogP contribution < -0.4 is 0 Å². The molecule has 0 saturated carbocycles. The van der Waals surface area contributed by atoms with Gasteiger partial charge in [-0.05, 0) is 41.5 Å². The first-order chi connectivity index (χ1) is 10.9. The van der Waals surface area contributed by atoms with Crippen molar-refractivity contribution in [1.82, 2.24) is 14.5 Å². The number of benzene rings is 1. The molecule has 4 rings (SSSR count). The van der Waals surface area contributed by atoms with Gasteiger partial charge in [-0.15, -0.1) is 0 Å². The summed E-state index contributed by atoms with van der Waals surface area (Å²) in [4.78, 5) is 9.42. The molecule has 3 nitrogen and oxygen atoms in total. The Morgan fingerprint density at radius 1 is 1.14 bits per heavy atom. The second-order valence-corrected chi connectivity index (χ2v) is 7.03. The highest BCUT2D eigenvalue weighted by atomic mass is 32.2. The lowest BCUT2D eigenvalue weighted by Gasteiger charge is -2.13. The van der Waals surface area contributed by atoms with Crippen LogP contribution >= 0.6 is 11.8 Å². The minimum Gasteiger partial charge on any atom is -0.312 e. The lowest BCUT2D eigenvalue weighted by Crippen LogP contribution is -2.13. The molecule has 1 aliphatic rings. The summed E-state index contributed by atoms with van der Waals surface area (Å²) in [6.45, 7) is 1.04. The molecule has 1 aliphatic heterocycles. The molecule has 0 amide bonds. The number of hydrogen-bond acceptors (Lipinski definition) is 3. The second-order valence-electron chi connectivity index (χ2n) is 5.88. The summed E-state index contributed by atoms with van der Waals surface area (Å²) in [5, 5.41) is 0. The van der Waals surface area contributed by atoms with E-state index < -0.39 is 0 Å². The van der Waals surface area contributed by atoms with Crippen molar-refractivity contribution in [1.29, 1.82) is 0 Å². The molecule has 0 radical (unpaired) electrons. The van der Waals surface area contributed by atoms with Crippen LogP contribution in [0, 0.1) is 5.92 Å². The van der Waals surface area contributed by atoms with Gasteiger partial charge in [-0.2, -0.15) is 11.8 Å². The van der Waals surface area contributed by atoms with E-state index in [-0.39, 0.29) is 0 Å².